The van der Waals surface area contributed by atoms with Crippen molar-refractivity contribution in [3.05, 3.63) is 47.9 Å². The van der Waals surface area contributed by atoms with Gasteiger partial charge in [-0.3, -0.25) is 0 Å². The summed E-state index contributed by atoms with van der Waals surface area (Å²) in [4.78, 5) is 15.7. The molecule has 26 heavy (non-hydrogen) atoms. The summed E-state index contributed by atoms with van der Waals surface area (Å²) in [6.45, 7) is 6.19. The molecular formula is C18H24IN3O4. The Morgan fingerprint density at radius 3 is 2.54 bits per heavy atom. The van der Waals surface area contributed by atoms with Crippen LogP contribution in [0.15, 0.2) is 45.8 Å². The highest BCUT2D eigenvalue weighted by Gasteiger charge is 2.11. The number of carbonyl (C=O) groups excluding carboxylic acids is 1. The molecule has 0 saturated heterocycles. The third-order valence-corrected chi connectivity index (χ3v) is 3.04. The molecule has 0 spiro atoms. The molecule has 0 unspecified atom stereocenters. The highest BCUT2D eigenvalue weighted by Crippen LogP contribution is 2.17. The number of hydrogen-bond donors (Lipinski definition) is 2. The first-order valence-electron chi connectivity index (χ1n) is 8.07. The molecule has 0 fully saturated rings. The smallest absolute Gasteiger partial charge is 0.374 e. The topological polar surface area (TPSA) is 99.1 Å². The third-order valence-electron chi connectivity index (χ3n) is 3.04. The zero-order valence-electron chi connectivity index (χ0n) is 15.0. The molecule has 8 heteroatoms. The quantitative estimate of drug-likeness (QED) is 0.275. The van der Waals surface area contributed by atoms with E-state index in [1.807, 2.05) is 38.1 Å². The van der Waals surface area contributed by atoms with Crippen LogP contribution in [0.25, 0.3) is 0 Å². The number of furan rings is 1. The van der Waals surface area contributed by atoms with Crippen molar-refractivity contribution in [2.75, 3.05) is 11.9 Å². The zero-order valence-corrected chi connectivity index (χ0v) is 17.4. The predicted molar refractivity (Wildman–Crippen MR) is 111 cm³/mol. The number of benzene rings is 1. The molecular weight excluding hydrogens is 449 g/mol. The van der Waals surface area contributed by atoms with Crippen LogP contribution < -0.4 is 15.8 Å². The lowest BCUT2D eigenvalue weighted by Gasteiger charge is -2.10. The average Bonchev–Trinajstić information content (AvgIpc) is 3.04. The number of hydrogen-bond acceptors (Lipinski definition) is 5. The number of nitrogens with zero attached hydrogens (tertiary/aromatic N) is 1. The van der Waals surface area contributed by atoms with Crippen LogP contribution in [-0.4, -0.2) is 24.6 Å². The van der Waals surface area contributed by atoms with Crippen LogP contribution in [0.2, 0.25) is 0 Å². The van der Waals surface area contributed by atoms with Crippen molar-refractivity contribution < 1.29 is 18.7 Å². The van der Waals surface area contributed by atoms with Gasteiger partial charge in [0.1, 0.15) is 18.1 Å². The van der Waals surface area contributed by atoms with Gasteiger partial charge in [0.25, 0.3) is 0 Å². The average molecular weight is 473 g/mol. The van der Waals surface area contributed by atoms with Gasteiger partial charge in [0.15, 0.2) is 5.96 Å². The van der Waals surface area contributed by atoms with E-state index >= 15 is 0 Å². The van der Waals surface area contributed by atoms with Gasteiger partial charge in [-0.25, -0.2) is 9.79 Å². The number of nitrogens with two attached hydrogens (primary N) is 1. The van der Waals surface area contributed by atoms with E-state index in [4.69, 9.17) is 19.6 Å². The molecule has 0 radical (unpaired) electrons. The Morgan fingerprint density at radius 1 is 1.23 bits per heavy atom. The predicted octanol–water partition coefficient (Wildman–Crippen LogP) is 3.79. The van der Waals surface area contributed by atoms with Crippen LogP contribution in [0.1, 0.15) is 37.1 Å². The van der Waals surface area contributed by atoms with Crippen LogP contribution in [0.4, 0.5) is 5.69 Å². The second-order valence-electron chi connectivity index (χ2n) is 5.50. The second kappa shape index (κ2) is 10.7. The fourth-order valence-corrected chi connectivity index (χ4v) is 2.01. The van der Waals surface area contributed by atoms with Crippen LogP contribution in [0.5, 0.6) is 5.75 Å². The van der Waals surface area contributed by atoms with E-state index in [1.165, 1.54) is 0 Å². The van der Waals surface area contributed by atoms with Gasteiger partial charge in [0.05, 0.1) is 12.7 Å². The molecule has 1 aromatic heterocycles. The molecule has 0 aliphatic carbocycles. The summed E-state index contributed by atoms with van der Waals surface area (Å²) in [5.41, 5.74) is 6.66. The number of nitrogens with one attached hydrogen (secondary N) is 1. The maximum Gasteiger partial charge on any atom is 0.374 e. The minimum atomic E-state index is -0.493. The van der Waals surface area contributed by atoms with Crippen molar-refractivity contribution in [2.24, 2.45) is 10.7 Å². The van der Waals surface area contributed by atoms with Gasteiger partial charge in [-0.1, -0.05) is 0 Å². The van der Waals surface area contributed by atoms with Crippen LogP contribution in [0.3, 0.4) is 0 Å². The zero-order chi connectivity index (χ0) is 18.2. The molecule has 142 valence electrons. The van der Waals surface area contributed by atoms with Gasteiger partial charge in [-0.05, 0) is 57.2 Å². The Kier molecular flexibility index (Phi) is 8.97. The molecule has 0 aliphatic rings. The van der Waals surface area contributed by atoms with Crippen LogP contribution >= 0.6 is 24.0 Å². The van der Waals surface area contributed by atoms with Crippen molar-refractivity contribution in [1.29, 1.82) is 0 Å². The number of carbonyl (C=O) groups is 1. The number of halogens is 1. The molecule has 0 aliphatic heterocycles. The van der Waals surface area contributed by atoms with E-state index in [2.05, 4.69) is 10.3 Å². The molecule has 0 amide bonds. The van der Waals surface area contributed by atoms with Crippen LogP contribution in [-0.2, 0) is 11.3 Å². The first-order valence-corrected chi connectivity index (χ1v) is 8.07. The normalized spacial score (nSPS) is 11.0. The summed E-state index contributed by atoms with van der Waals surface area (Å²) < 4.78 is 15.8. The maximum atomic E-state index is 11.5. The highest BCUT2D eigenvalue weighted by molar-refractivity contribution is 14.0. The minimum absolute atomic E-state index is 0. The molecule has 0 bridgehead atoms. The summed E-state index contributed by atoms with van der Waals surface area (Å²) >= 11 is 0. The van der Waals surface area contributed by atoms with Crippen molar-refractivity contribution in [1.82, 2.24) is 0 Å². The minimum Gasteiger partial charge on any atom is -0.491 e. The van der Waals surface area contributed by atoms with Crippen molar-refractivity contribution in [2.45, 2.75) is 33.4 Å². The van der Waals surface area contributed by atoms with Crippen molar-refractivity contribution >= 4 is 41.6 Å². The van der Waals surface area contributed by atoms with Gasteiger partial charge in [0.2, 0.25) is 5.76 Å². The van der Waals surface area contributed by atoms with Crippen molar-refractivity contribution in [3.8, 4) is 5.75 Å². The van der Waals surface area contributed by atoms with Gasteiger partial charge in [-0.2, -0.15) is 0 Å². The molecule has 1 heterocycles. The Balaban J connectivity index is 0.00000338. The lowest BCUT2D eigenvalue weighted by molar-refractivity contribution is 0.0488. The number of rotatable bonds is 7. The number of ether oxygens (including phenoxy) is 2. The second-order valence-corrected chi connectivity index (χ2v) is 5.50. The number of guanidine groups is 1. The lowest BCUT2D eigenvalue weighted by atomic mass is 10.3. The van der Waals surface area contributed by atoms with E-state index in [0.717, 1.165) is 11.4 Å². The van der Waals surface area contributed by atoms with E-state index in [-0.39, 0.29) is 48.3 Å². The van der Waals surface area contributed by atoms with Crippen LogP contribution in [0, 0.1) is 0 Å². The third kappa shape index (κ3) is 6.95. The summed E-state index contributed by atoms with van der Waals surface area (Å²) in [5.74, 6) is 1.21. The number of anilines is 1. The number of esters is 1. The molecule has 0 atom stereocenters. The number of aliphatic imine (C=N–C) groups is 1. The highest BCUT2D eigenvalue weighted by atomic mass is 127. The standard InChI is InChI=1S/C18H23N3O4.HI/c1-4-23-17(22)16-10-9-15(25-16)11-20-18(19)21-13-5-7-14(8-6-13)24-12(2)3;/h5-10,12H,4,11H2,1-3H3,(H3,19,20,21);1H. The van der Waals surface area contributed by atoms with E-state index in [1.54, 1.807) is 19.1 Å². The van der Waals surface area contributed by atoms with E-state index in [9.17, 15) is 4.79 Å². The Hall–Kier alpha value is -2.23. The fourth-order valence-electron chi connectivity index (χ4n) is 2.01. The summed E-state index contributed by atoms with van der Waals surface area (Å²) in [6, 6.07) is 10.6. The van der Waals surface area contributed by atoms with E-state index < -0.39 is 5.97 Å². The maximum absolute atomic E-state index is 11.5. The lowest BCUT2D eigenvalue weighted by Crippen LogP contribution is -2.22. The van der Waals surface area contributed by atoms with Crippen molar-refractivity contribution in [3.63, 3.8) is 0 Å². The first-order chi connectivity index (χ1) is 12.0. The fraction of sp³-hybridized carbons (Fsp3) is 0.333. The molecule has 2 aromatic rings. The largest absolute Gasteiger partial charge is 0.491 e. The molecule has 0 saturated carbocycles. The first kappa shape index (κ1) is 21.8. The van der Waals surface area contributed by atoms with Gasteiger partial charge in [-0.15, -0.1) is 24.0 Å². The van der Waals surface area contributed by atoms with E-state index in [0.29, 0.717) is 12.4 Å². The summed E-state index contributed by atoms with van der Waals surface area (Å²) in [6.07, 6.45) is 0.123. The molecule has 7 nitrogen and oxygen atoms in total. The molecule has 2 rings (SSSR count). The Labute approximate surface area is 170 Å². The molecule has 1 aromatic carbocycles. The van der Waals surface area contributed by atoms with Gasteiger partial charge in [0, 0.05) is 5.69 Å². The SMILES string of the molecule is CCOC(=O)c1ccc(CN=C(N)Nc2ccc(OC(C)C)cc2)o1.I. The van der Waals surface area contributed by atoms with Gasteiger partial charge < -0.3 is 24.9 Å². The molecule has 3 N–H and O–H groups in total. The Bertz CT molecular complexity index is 726. The Morgan fingerprint density at radius 2 is 1.92 bits per heavy atom. The monoisotopic (exact) mass is 473 g/mol. The summed E-state index contributed by atoms with van der Waals surface area (Å²) in [5, 5.41) is 2.98. The summed E-state index contributed by atoms with van der Waals surface area (Å²) in [7, 11) is 0. The van der Waals surface area contributed by atoms with Gasteiger partial charge >= 0.3 is 5.97 Å².